The number of furan rings is 1. The zero-order valence-corrected chi connectivity index (χ0v) is 18.6. The minimum atomic E-state index is -3.91. The highest BCUT2D eigenvalue weighted by Crippen LogP contribution is 2.26. The fraction of sp³-hybridized carbons (Fsp3) is 0.391. The van der Waals surface area contributed by atoms with Crippen LogP contribution in [0.3, 0.4) is 0 Å². The molecular weight excluding hydrogens is 430 g/mol. The first kappa shape index (κ1) is 22.1. The first-order valence-corrected chi connectivity index (χ1v) is 12.5. The smallest absolute Gasteiger partial charge is 0.242 e. The molecule has 9 heteroatoms. The lowest BCUT2D eigenvalue weighted by Gasteiger charge is -2.20. The van der Waals surface area contributed by atoms with Gasteiger partial charge in [-0.05, 0) is 31.0 Å². The van der Waals surface area contributed by atoms with E-state index < -0.39 is 21.5 Å². The maximum Gasteiger partial charge on any atom is 0.242 e. The number of amides is 2. The van der Waals surface area contributed by atoms with E-state index >= 15 is 0 Å². The van der Waals surface area contributed by atoms with E-state index in [9.17, 15) is 18.0 Å². The zero-order valence-electron chi connectivity index (χ0n) is 17.8. The van der Waals surface area contributed by atoms with Gasteiger partial charge < -0.3 is 19.2 Å². The Morgan fingerprint density at radius 2 is 1.75 bits per heavy atom. The SMILES string of the molecule is O=C(CS(=O)(=O)c1cn(CC(=O)N2CCCCCC2)c2ccccc12)NCc1ccco1. The summed E-state index contributed by atoms with van der Waals surface area (Å²) in [5.74, 6) is -0.770. The van der Waals surface area contributed by atoms with Crippen LogP contribution in [0.15, 0.2) is 58.2 Å². The number of hydrogen-bond acceptors (Lipinski definition) is 5. The molecule has 0 bridgehead atoms. The van der Waals surface area contributed by atoms with E-state index in [-0.39, 0.29) is 23.9 Å². The molecule has 2 aromatic heterocycles. The number of carbonyl (C=O) groups is 2. The number of aromatic nitrogens is 1. The number of nitrogens with zero attached hydrogens (tertiary/aromatic N) is 2. The third-order valence-electron chi connectivity index (χ3n) is 5.71. The van der Waals surface area contributed by atoms with Crippen LogP contribution in [0, 0.1) is 0 Å². The number of carbonyl (C=O) groups excluding carboxylic acids is 2. The van der Waals surface area contributed by atoms with Crippen molar-refractivity contribution in [2.45, 2.75) is 43.7 Å². The molecule has 1 fully saturated rings. The predicted octanol–water partition coefficient (Wildman–Crippen LogP) is 2.73. The molecule has 3 heterocycles. The maximum absolute atomic E-state index is 13.1. The zero-order chi connectivity index (χ0) is 22.6. The molecule has 32 heavy (non-hydrogen) atoms. The molecule has 1 aliphatic heterocycles. The lowest BCUT2D eigenvalue weighted by Crippen LogP contribution is -2.34. The van der Waals surface area contributed by atoms with Crippen LogP contribution in [0.5, 0.6) is 0 Å². The standard InChI is InChI=1S/C23H27N3O5S/c27-22(24-14-18-8-7-13-31-18)17-32(29,30)21-15-26(20-10-4-3-9-19(20)21)16-23(28)25-11-5-1-2-6-12-25/h3-4,7-10,13,15H,1-2,5-6,11-12,14,16-17H2,(H,24,27). The Labute approximate surface area is 187 Å². The number of benzene rings is 1. The van der Waals surface area contributed by atoms with Gasteiger partial charge in [-0.2, -0.15) is 0 Å². The van der Waals surface area contributed by atoms with E-state index in [0.29, 0.717) is 16.7 Å². The number of likely N-dealkylation sites (tertiary alicyclic amines) is 1. The van der Waals surface area contributed by atoms with Crippen LogP contribution in [-0.2, 0) is 32.5 Å². The van der Waals surface area contributed by atoms with Gasteiger partial charge in [-0.3, -0.25) is 9.59 Å². The molecule has 3 aromatic rings. The van der Waals surface area contributed by atoms with E-state index in [0.717, 1.165) is 38.8 Å². The van der Waals surface area contributed by atoms with Crippen molar-refractivity contribution in [3.05, 3.63) is 54.6 Å². The molecular formula is C23H27N3O5S. The average molecular weight is 458 g/mol. The Bertz CT molecular complexity index is 1190. The minimum Gasteiger partial charge on any atom is -0.467 e. The third kappa shape index (κ3) is 5.04. The fourth-order valence-electron chi connectivity index (χ4n) is 4.06. The lowest BCUT2D eigenvalue weighted by molar-refractivity contribution is -0.131. The first-order valence-electron chi connectivity index (χ1n) is 10.8. The number of rotatable bonds is 7. The number of para-hydroxylation sites is 1. The van der Waals surface area contributed by atoms with Gasteiger partial charge in [0.25, 0.3) is 0 Å². The van der Waals surface area contributed by atoms with Crippen molar-refractivity contribution in [1.29, 1.82) is 0 Å². The normalized spacial score (nSPS) is 14.9. The molecule has 1 aliphatic rings. The van der Waals surface area contributed by atoms with Crippen LogP contribution in [0.2, 0.25) is 0 Å². The number of sulfone groups is 1. The van der Waals surface area contributed by atoms with Crippen LogP contribution >= 0.6 is 0 Å². The number of fused-ring (bicyclic) bond motifs is 1. The van der Waals surface area contributed by atoms with E-state index in [4.69, 9.17) is 4.42 Å². The van der Waals surface area contributed by atoms with Gasteiger partial charge in [0, 0.05) is 30.2 Å². The Morgan fingerprint density at radius 3 is 2.47 bits per heavy atom. The topological polar surface area (TPSA) is 102 Å². The van der Waals surface area contributed by atoms with Gasteiger partial charge >= 0.3 is 0 Å². The maximum atomic E-state index is 13.1. The van der Waals surface area contributed by atoms with Crippen molar-refractivity contribution in [1.82, 2.24) is 14.8 Å². The quantitative estimate of drug-likeness (QED) is 0.588. The van der Waals surface area contributed by atoms with Gasteiger partial charge in [0.2, 0.25) is 11.8 Å². The summed E-state index contributed by atoms with van der Waals surface area (Å²) in [6, 6.07) is 10.4. The van der Waals surface area contributed by atoms with Gasteiger partial charge in [0.1, 0.15) is 18.1 Å². The molecule has 170 valence electrons. The Kier molecular flexibility index (Phi) is 6.64. The number of hydrogen-bond donors (Lipinski definition) is 1. The summed E-state index contributed by atoms with van der Waals surface area (Å²) in [6.07, 6.45) is 7.20. The monoisotopic (exact) mass is 457 g/mol. The van der Waals surface area contributed by atoms with Crippen LogP contribution in [-0.4, -0.2) is 48.5 Å². The molecule has 4 rings (SSSR count). The van der Waals surface area contributed by atoms with Crippen molar-refractivity contribution in [2.75, 3.05) is 18.8 Å². The van der Waals surface area contributed by atoms with Gasteiger partial charge in [0.15, 0.2) is 9.84 Å². The summed E-state index contributed by atoms with van der Waals surface area (Å²) in [7, 11) is -3.91. The van der Waals surface area contributed by atoms with E-state index in [1.165, 1.54) is 12.5 Å². The molecule has 0 aliphatic carbocycles. The largest absolute Gasteiger partial charge is 0.467 e. The number of nitrogens with one attached hydrogen (secondary N) is 1. The molecule has 0 saturated carbocycles. The molecule has 1 aromatic carbocycles. The Morgan fingerprint density at radius 1 is 1.00 bits per heavy atom. The van der Waals surface area contributed by atoms with Gasteiger partial charge in [-0.25, -0.2) is 8.42 Å². The summed E-state index contributed by atoms with van der Waals surface area (Å²) in [6.45, 7) is 1.66. The molecule has 8 nitrogen and oxygen atoms in total. The van der Waals surface area contributed by atoms with Crippen molar-refractivity contribution >= 4 is 32.6 Å². The summed E-state index contributed by atoms with van der Waals surface area (Å²) in [5.41, 5.74) is 0.658. The first-order chi connectivity index (χ1) is 15.4. The van der Waals surface area contributed by atoms with Gasteiger partial charge in [0.05, 0.1) is 17.7 Å². The molecule has 1 saturated heterocycles. The van der Waals surface area contributed by atoms with Crippen molar-refractivity contribution in [3.8, 4) is 0 Å². The van der Waals surface area contributed by atoms with Crippen molar-refractivity contribution < 1.29 is 22.4 Å². The molecule has 0 spiro atoms. The van der Waals surface area contributed by atoms with Crippen LogP contribution in [0.25, 0.3) is 10.9 Å². The highest BCUT2D eigenvalue weighted by molar-refractivity contribution is 7.92. The second-order valence-corrected chi connectivity index (χ2v) is 10.0. The van der Waals surface area contributed by atoms with E-state index in [1.54, 1.807) is 34.9 Å². The second-order valence-electron chi connectivity index (χ2n) is 8.05. The molecule has 2 amide bonds. The van der Waals surface area contributed by atoms with E-state index in [1.807, 2.05) is 11.0 Å². The summed E-state index contributed by atoms with van der Waals surface area (Å²) < 4.78 is 33.0. The summed E-state index contributed by atoms with van der Waals surface area (Å²) in [4.78, 5) is 27.1. The Balaban J connectivity index is 1.53. The van der Waals surface area contributed by atoms with Crippen LogP contribution < -0.4 is 5.32 Å². The van der Waals surface area contributed by atoms with Crippen molar-refractivity contribution in [2.24, 2.45) is 0 Å². The molecule has 0 unspecified atom stereocenters. The highest BCUT2D eigenvalue weighted by atomic mass is 32.2. The minimum absolute atomic E-state index is 0.0206. The van der Waals surface area contributed by atoms with Gasteiger partial charge in [-0.1, -0.05) is 31.0 Å². The predicted molar refractivity (Wildman–Crippen MR) is 120 cm³/mol. The summed E-state index contributed by atoms with van der Waals surface area (Å²) in [5, 5.41) is 3.08. The molecule has 1 N–H and O–H groups in total. The molecule has 0 radical (unpaired) electrons. The van der Waals surface area contributed by atoms with Crippen LogP contribution in [0.4, 0.5) is 0 Å². The summed E-state index contributed by atoms with van der Waals surface area (Å²) >= 11 is 0. The van der Waals surface area contributed by atoms with Crippen LogP contribution in [0.1, 0.15) is 31.4 Å². The van der Waals surface area contributed by atoms with Crippen molar-refractivity contribution in [3.63, 3.8) is 0 Å². The lowest BCUT2D eigenvalue weighted by atomic mass is 10.2. The highest BCUT2D eigenvalue weighted by Gasteiger charge is 2.25. The van der Waals surface area contributed by atoms with Gasteiger partial charge in [-0.15, -0.1) is 0 Å². The van der Waals surface area contributed by atoms with E-state index in [2.05, 4.69) is 5.32 Å². The fourth-order valence-corrected chi connectivity index (χ4v) is 5.46. The second kappa shape index (κ2) is 9.60. The Hall–Kier alpha value is -3.07. The average Bonchev–Trinajstić information content (AvgIpc) is 3.33. The third-order valence-corrected chi connectivity index (χ3v) is 7.35. The molecule has 0 atom stereocenters.